The van der Waals surface area contributed by atoms with Crippen LogP contribution in [0, 0.1) is 0 Å². The van der Waals surface area contributed by atoms with Crippen LogP contribution in [0.3, 0.4) is 0 Å². The quantitative estimate of drug-likeness (QED) is 0.613. The summed E-state index contributed by atoms with van der Waals surface area (Å²) in [5, 5.41) is 3.38. The molecule has 10 heteroatoms. The highest BCUT2D eigenvalue weighted by molar-refractivity contribution is 7.89. The van der Waals surface area contributed by atoms with Crippen molar-refractivity contribution in [2.75, 3.05) is 12.4 Å². The second kappa shape index (κ2) is 7.69. The fraction of sp³-hybridized carbons (Fsp3) is 0.286. The number of halogens is 3. The summed E-state index contributed by atoms with van der Waals surface area (Å²) >= 11 is 0. The molecule has 0 radical (unpaired) electrons. The van der Waals surface area contributed by atoms with Gasteiger partial charge in [0.2, 0.25) is 10.0 Å². The summed E-state index contributed by atoms with van der Waals surface area (Å²) in [4.78, 5) is 4.44. The van der Waals surface area contributed by atoms with E-state index in [1.54, 1.807) is 29.2 Å². The number of imidazole rings is 1. The third-order valence-corrected chi connectivity index (χ3v) is 6.84. The van der Waals surface area contributed by atoms with Gasteiger partial charge in [0.25, 0.3) is 0 Å². The lowest BCUT2D eigenvalue weighted by Crippen LogP contribution is -2.18. The van der Waals surface area contributed by atoms with Crippen LogP contribution in [0.5, 0.6) is 0 Å². The fourth-order valence-corrected chi connectivity index (χ4v) is 4.59. The molecule has 0 saturated heterocycles. The topological polar surface area (TPSA) is 76.0 Å². The zero-order valence-corrected chi connectivity index (χ0v) is 17.7. The molecule has 1 aromatic heterocycles. The van der Waals surface area contributed by atoms with E-state index in [4.69, 9.17) is 0 Å². The maximum Gasteiger partial charge on any atom is 0.416 e. The first-order valence-corrected chi connectivity index (χ1v) is 11.1. The van der Waals surface area contributed by atoms with E-state index in [-0.39, 0.29) is 10.9 Å². The van der Waals surface area contributed by atoms with Crippen LogP contribution in [0.4, 0.5) is 18.9 Å². The first-order chi connectivity index (χ1) is 14.6. The Morgan fingerprint density at radius 3 is 2.58 bits per heavy atom. The summed E-state index contributed by atoms with van der Waals surface area (Å²) in [6.45, 7) is 0. The van der Waals surface area contributed by atoms with E-state index < -0.39 is 21.8 Å². The number of alkyl halides is 3. The Bertz CT molecular complexity index is 1240. The predicted octanol–water partition coefficient (Wildman–Crippen LogP) is 4.11. The van der Waals surface area contributed by atoms with Crippen molar-refractivity contribution < 1.29 is 21.6 Å². The van der Waals surface area contributed by atoms with E-state index in [0.29, 0.717) is 35.3 Å². The number of hydrogen-bond acceptors (Lipinski definition) is 4. The number of fused-ring (bicyclic) bond motifs is 1. The largest absolute Gasteiger partial charge is 0.416 e. The molecule has 0 amide bonds. The smallest absolute Gasteiger partial charge is 0.378 e. The van der Waals surface area contributed by atoms with Crippen LogP contribution in [-0.4, -0.2) is 25.0 Å². The zero-order chi connectivity index (χ0) is 22.4. The average Bonchev–Trinajstić information content (AvgIpc) is 3.33. The van der Waals surface area contributed by atoms with Crippen LogP contribution < -0.4 is 10.0 Å². The normalized spacial score (nSPS) is 16.4. The number of benzene rings is 2. The molecule has 31 heavy (non-hydrogen) atoms. The van der Waals surface area contributed by atoms with Gasteiger partial charge in [-0.25, -0.2) is 18.1 Å². The second-order valence-corrected chi connectivity index (χ2v) is 9.37. The minimum Gasteiger partial charge on any atom is -0.378 e. The third kappa shape index (κ3) is 4.17. The molecule has 0 spiro atoms. The minimum atomic E-state index is -4.37. The summed E-state index contributed by atoms with van der Waals surface area (Å²) in [6, 6.07) is 8.33. The molecule has 1 aliphatic carbocycles. The summed E-state index contributed by atoms with van der Waals surface area (Å²) < 4.78 is 67.7. The van der Waals surface area contributed by atoms with Crippen LogP contribution in [-0.2, 0) is 29.7 Å². The van der Waals surface area contributed by atoms with E-state index in [2.05, 4.69) is 15.0 Å². The van der Waals surface area contributed by atoms with Gasteiger partial charge in [-0.15, -0.1) is 0 Å². The number of nitrogens with one attached hydrogen (secondary N) is 2. The molecule has 1 atom stereocenters. The van der Waals surface area contributed by atoms with Crippen LogP contribution in [0.2, 0.25) is 0 Å². The highest BCUT2D eigenvalue weighted by atomic mass is 32.2. The monoisotopic (exact) mass is 450 g/mol. The van der Waals surface area contributed by atoms with Crippen LogP contribution in [0.1, 0.15) is 29.2 Å². The molecule has 0 bridgehead atoms. The molecule has 2 aromatic carbocycles. The third-order valence-electron chi connectivity index (χ3n) is 5.43. The SMILES string of the molecule is CNS(=O)(=O)c1ccc(NC2CCc3cc(C(F)(F)F)ccc32)c(-c2cn(C)cn2)c1. The van der Waals surface area contributed by atoms with Crippen molar-refractivity contribution in [2.24, 2.45) is 7.05 Å². The van der Waals surface area contributed by atoms with Gasteiger partial charge in [0, 0.05) is 24.5 Å². The van der Waals surface area contributed by atoms with E-state index >= 15 is 0 Å². The summed E-state index contributed by atoms with van der Waals surface area (Å²) in [5.41, 5.74) is 2.67. The maximum atomic E-state index is 13.0. The number of hydrogen-bond donors (Lipinski definition) is 2. The molecule has 1 unspecified atom stereocenters. The van der Waals surface area contributed by atoms with E-state index in [1.165, 1.54) is 25.2 Å². The van der Waals surface area contributed by atoms with Crippen LogP contribution in [0.15, 0.2) is 53.8 Å². The number of aryl methyl sites for hydroxylation is 2. The molecule has 0 aliphatic heterocycles. The molecule has 6 nitrogen and oxygen atoms in total. The van der Waals surface area contributed by atoms with Crippen molar-refractivity contribution >= 4 is 15.7 Å². The van der Waals surface area contributed by atoms with Crippen LogP contribution in [0.25, 0.3) is 11.3 Å². The van der Waals surface area contributed by atoms with Crippen molar-refractivity contribution in [3.05, 3.63) is 65.6 Å². The Kier molecular flexibility index (Phi) is 5.30. The summed E-state index contributed by atoms with van der Waals surface area (Å²) in [6.07, 6.45) is 0.175. The van der Waals surface area contributed by atoms with Gasteiger partial charge in [-0.2, -0.15) is 13.2 Å². The average molecular weight is 450 g/mol. The lowest BCUT2D eigenvalue weighted by molar-refractivity contribution is -0.137. The first kappa shape index (κ1) is 21.4. The summed E-state index contributed by atoms with van der Waals surface area (Å²) in [5.74, 6) is 0. The van der Waals surface area contributed by atoms with Crippen molar-refractivity contribution in [1.29, 1.82) is 0 Å². The standard InChI is InChI=1S/C21H21F3N4O2S/c1-25-31(29,30)15-5-8-19(17(10-15)20-11-28(2)12-26-20)27-18-7-3-13-9-14(21(22,23)24)4-6-16(13)18/h4-6,8-12,18,25,27H,3,7H2,1-2H3. The lowest BCUT2D eigenvalue weighted by Gasteiger charge is -2.19. The van der Waals surface area contributed by atoms with E-state index in [1.807, 2.05) is 7.05 Å². The number of rotatable bonds is 5. The molecule has 0 fully saturated rings. The molecular weight excluding hydrogens is 429 g/mol. The van der Waals surface area contributed by atoms with Gasteiger partial charge in [0.05, 0.1) is 28.5 Å². The van der Waals surface area contributed by atoms with Crippen molar-refractivity contribution in [1.82, 2.24) is 14.3 Å². The Morgan fingerprint density at radius 1 is 1.16 bits per heavy atom. The lowest BCUT2D eigenvalue weighted by atomic mass is 10.0. The molecule has 1 aliphatic rings. The molecule has 3 aromatic rings. The van der Waals surface area contributed by atoms with Gasteiger partial charge in [-0.1, -0.05) is 6.07 Å². The number of anilines is 1. The van der Waals surface area contributed by atoms with Gasteiger partial charge < -0.3 is 9.88 Å². The van der Waals surface area contributed by atoms with Gasteiger partial charge in [-0.05, 0) is 61.3 Å². The van der Waals surface area contributed by atoms with Gasteiger partial charge in [-0.3, -0.25) is 0 Å². The Hall–Kier alpha value is -2.85. The highest BCUT2D eigenvalue weighted by Crippen LogP contribution is 2.40. The number of sulfonamides is 1. The van der Waals surface area contributed by atoms with E-state index in [0.717, 1.165) is 11.6 Å². The Labute approximate surface area is 178 Å². The number of nitrogens with zero attached hydrogens (tertiary/aromatic N) is 2. The second-order valence-electron chi connectivity index (χ2n) is 7.49. The first-order valence-electron chi connectivity index (χ1n) is 9.61. The molecule has 2 N–H and O–H groups in total. The van der Waals surface area contributed by atoms with Crippen molar-refractivity contribution in [3.8, 4) is 11.3 Å². The molecular formula is C21H21F3N4O2S. The van der Waals surface area contributed by atoms with Gasteiger partial charge >= 0.3 is 6.18 Å². The summed E-state index contributed by atoms with van der Waals surface area (Å²) in [7, 11) is -0.504. The van der Waals surface area contributed by atoms with E-state index in [9.17, 15) is 21.6 Å². The molecule has 164 valence electrons. The molecule has 4 rings (SSSR count). The Morgan fingerprint density at radius 2 is 1.94 bits per heavy atom. The predicted molar refractivity (Wildman–Crippen MR) is 111 cm³/mol. The maximum absolute atomic E-state index is 13.0. The van der Waals surface area contributed by atoms with Gasteiger partial charge in [0.1, 0.15) is 0 Å². The molecule has 0 saturated carbocycles. The van der Waals surface area contributed by atoms with Crippen molar-refractivity contribution in [3.63, 3.8) is 0 Å². The number of aromatic nitrogens is 2. The fourth-order valence-electron chi connectivity index (χ4n) is 3.83. The van der Waals surface area contributed by atoms with Gasteiger partial charge in [0.15, 0.2) is 0 Å². The van der Waals surface area contributed by atoms with Crippen molar-refractivity contribution in [2.45, 2.75) is 30.0 Å². The highest BCUT2D eigenvalue weighted by Gasteiger charge is 2.33. The van der Waals surface area contributed by atoms with Crippen LogP contribution >= 0.6 is 0 Å². The Balaban J connectivity index is 1.71. The molecule has 1 heterocycles. The minimum absolute atomic E-state index is 0.0999. The zero-order valence-electron chi connectivity index (χ0n) is 16.9.